The molecule has 0 atom stereocenters. The van der Waals surface area contributed by atoms with E-state index in [4.69, 9.17) is 0 Å². The Labute approximate surface area is 132 Å². The van der Waals surface area contributed by atoms with Crippen molar-refractivity contribution in [3.05, 3.63) is 58.1 Å². The van der Waals surface area contributed by atoms with Crippen molar-refractivity contribution in [2.24, 2.45) is 0 Å². The Balaban J connectivity index is 2.31. The number of nitrogens with one attached hydrogen (secondary N) is 1. The van der Waals surface area contributed by atoms with Gasteiger partial charge in [0.15, 0.2) is 9.84 Å². The van der Waals surface area contributed by atoms with E-state index < -0.39 is 9.84 Å². The highest BCUT2D eigenvalue weighted by molar-refractivity contribution is 9.10. The van der Waals surface area contributed by atoms with E-state index in [0.29, 0.717) is 11.3 Å². The van der Waals surface area contributed by atoms with Crippen molar-refractivity contribution in [3.63, 3.8) is 0 Å². The Morgan fingerprint density at radius 3 is 2.48 bits per heavy atom. The molecule has 0 heterocycles. The van der Waals surface area contributed by atoms with Crippen molar-refractivity contribution in [2.45, 2.75) is 11.8 Å². The fourth-order valence-electron chi connectivity index (χ4n) is 1.81. The number of rotatable bonds is 3. The van der Waals surface area contributed by atoms with Crippen LogP contribution in [0.15, 0.2) is 51.8 Å². The fraction of sp³-hybridized carbons (Fsp3) is 0.133. The molecule has 0 saturated carbocycles. The van der Waals surface area contributed by atoms with Gasteiger partial charge in [0, 0.05) is 16.3 Å². The van der Waals surface area contributed by atoms with Crippen LogP contribution in [0, 0.1) is 6.92 Å². The zero-order chi connectivity index (χ0) is 15.6. The monoisotopic (exact) mass is 367 g/mol. The lowest BCUT2D eigenvalue weighted by Gasteiger charge is -2.09. The Morgan fingerprint density at radius 1 is 1.14 bits per heavy atom. The Kier molecular flexibility index (Phi) is 4.49. The normalized spacial score (nSPS) is 11.2. The predicted octanol–water partition coefficient (Wildman–Crippen LogP) is 3.41. The van der Waals surface area contributed by atoms with Crippen LogP contribution in [0.5, 0.6) is 0 Å². The van der Waals surface area contributed by atoms with E-state index in [2.05, 4.69) is 21.2 Å². The van der Waals surface area contributed by atoms with Crippen molar-refractivity contribution < 1.29 is 13.2 Å². The maximum Gasteiger partial charge on any atom is 0.255 e. The molecule has 0 aliphatic carbocycles. The first-order valence-electron chi connectivity index (χ1n) is 6.15. The fourth-order valence-corrected chi connectivity index (χ4v) is 2.84. The smallest absolute Gasteiger partial charge is 0.255 e. The Bertz CT molecular complexity index is 800. The number of carbonyl (C=O) groups excluding carboxylic acids is 1. The molecule has 2 aromatic rings. The van der Waals surface area contributed by atoms with Gasteiger partial charge in [0.25, 0.3) is 5.91 Å². The second kappa shape index (κ2) is 5.99. The molecule has 0 bridgehead atoms. The van der Waals surface area contributed by atoms with Gasteiger partial charge in [0.2, 0.25) is 0 Å². The molecule has 110 valence electrons. The summed E-state index contributed by atoms with van der Waals surface area (Å²) in [6, 6.07) is 11.5. The summed E-state index contributed by atoms with van der Waals surface area (Å²) in [7, 11) is -3.34. The highest BCUT2D eigenvalue weighted by Crippen LogP contribution is 2.26. The largest absolute Gasteiger partial charge is 0.321 e. The summed E-state index contributed by atoms with van der Waals surface area (Å²) in [6.07, 6.45) is 1.11. The number of anilines is 1. The summed E-state index contributed by atoms with van der Waals surface area (Å²) < 4.78 is 23.9. The van der Waals surface area contributed by atoms with Gasteiger partial charge in [-0.3, -0.25) is 4.79 Å². The van der Waals surface area contributed by atoms with Gasteiger partial charge < -0.3 is 5.32 Å². The first-order valence-corrected chi connectivity index (χ1v) is 8.84. The van der Waals surface area contributed by atoms with Crippen LogP contribution in [0.2, 0.25) is 0 Å². The maximum atomic E-state index is 12.2. The summed E-state index contributed by atoms with van der Waals surface area (Å²) >= 11 is 3.42. The molecule has 0 aromatic heterocycles. The topological polar surface area (TPSA) is 63.2 Å². The van der Waals surface area contributed by atoms with Crippen molar-refractivity contribution in [1.29, 1.82) is 0 Å². The molecule has 0 aliphatic heterocycles. The van der Waals surface area contributed by atoms with Gasteiger partial charge in [-0.05, 0) is 52.7 Å². The average Bonchev–Trinajstić information content (AvgIpc) is 2.43. The molecule has 0 radical (unpaired) electrons. The standard InChI is InChI=1S/C15H14BrNO3S/c1-10-5-3-8-13(14(10)16)17-15(18)11-6-4-7-12(9-11)21(2,19)20/h3-9H,1-2H3,(H,17,18). The molecule has 0 fully saturated rings. The van der Waals surface area contributed by atoms with E-state index in [1.165, 1.54) is 12.1 Å². The van der Waals surface area contributed by atoms with Gasteiger partial charge in [-0.1, -0.05) is 18.2 Å². The number of amides is 1. The van der Waals surface area contributed by atoms with E-state index in [0.717, 1.165) is 16.3 Å². The van der Waals surface area contributed by atoms with E-state index in [1.807, 2.05) is 19.1 Å². The van der Waals surface area contributed by atoms with Gasteiger partial charge in [0.05, 0.1) is 10.6 Å². The van der Waals surface area contributed by atoms with E-state index in [1.54, 1.807) is 18.2 Å². The van der Waals surface area contributed by atoms with Crippen LogP contribution in [0.3, 0.4) is 0 Å². The summed E-state index contributed by atoms with van der Waals surface area (Å²) in [6.45, 7) is 1.92. The highest BCUT2D eigenvalue weighted by atomic mass is 79.9. The average molecular weight is 368 g/mol. The first kappa shape index (κ1) is 15.7. The van der Waals surface area contributed by atoms with E-state index >= 15 is 0 Å². The second-order valence-corrected chi connectivity index (χ2v) is 7.50. The van der Waals surface area contributed by atoms with Gasteiger partial charge >= 0.3 is 0 Å². The second-order valence-electron chi connectivity index (χ2n) is 4.69. The van der Waals surface area contributed by atoms with Crippen LogP contribution in [0.4, 0.5) is 5.69 Å². The molecule has 1 amide bonds. The lowest BCUT2D eigenvalue weighted by Crippen LogP contribution is -2.13. The van der Waals surface area contributed by atoms with Gasteiger partial charge in [0.1, 0.15) is 0 Å². The number of hydrogen-bond acceptors (Lipinski definition) is 3. The molecular weight excluding hydrogens is 354 g/mol. The molecule has 4 nitrogen and oxygen atoms in total. The molecule has 2 aromatic carbocycles. The molecule has 1 N–H and O–H groups in total. The number of benzene rings is 2. The molecule has 21 heavy (non-hydrogen) atoms. The van der Waals surface area contributed by atoms with Gasteiger partial charge in [-0.2, -0.15) is 0 Å². The van der Waals surface area contributed by atoms with Crippen LogP contribution >= 0.6 is 15.9 Å². The van der Waals surface area contributed by atoms with Crippen molar-refractivity contribution >= 4 is 37.4 Å². The molecule has 2 rings (SSSR count). The molecular formula is C15H14BrNO3S. The third-order valence-electron chi connectivity index (χ3n) is 2.96. The summed E-state index contributed by atoms with van der Waals surface area (Å²) in [5.41, 5.74) is 1.94. The van der Waals surface area contributed by atoms with Crippen molar-refractivity contribution in [2.75, 3.05) is 11.6 Å². The lowest BCUT2D eigenvalue weighted by atomic mass is 10.2. The zero-order valence-electron chi connectivity index (χ0n) is 11.6. The molecule has 0 spiro atoms. The SMILES string of the molecule is Cc1cccc(NC(=O)c2cccc(S(C)(=O)=O)c2)c1Br. The van der Waals surface area contributed by atoms with Crippen LogP contribution in [-0.2, 0) is 9.84 Å². The van der Waals surface area contributed by atoms with E-state index in [-0.39, 0.29) is 10.8 Å². The van der Waals surface area contributed by atoms with Gasteiger partial charge in [-0.25, -0.2) is 8.42 Å². The molecule has 0 saturated heterocycles. The summed E-state index contributed by atoms with van der Waals surface area (Å²) in [5, 5.41) is 2.77. The predicted molar refractivity (Wildman–Crippen MR) is 86.4 cm³/mol. The van der Waals surface area contributed by atoms with E-state index in [9.17, 15) is 13.2 Å². The minimum Gasteiger partial charge on any atom is -0.321 e. The number of aryl methyl sites for hydroxylation is 1. The van der Waals surface area contributed by atoms with Crippen LogP contribution < -0.4 is 5.32 Å². The lowest BCUT2D eigenvalue weighted by molar-refractivity contribution is 0.102. The minimum absolute atomic E-state index is 0.124. The number of sulfone groups is 1. The Morgan fingerprint density at radius 2 is 1.81 bits per heavy atom. The van der Waals surface area contributed by atoms with Gasteiger partial charge in [-0.15, -0.1) is 0 Å². The number of carbonyl (C=O) groups is 1. The number of hydrogen-bond donors (Lipinski definition) is 1. The molecule has 0 unspecified atom stereocenters. The zero-order valence-corrected chi connectivity index (χ0v) is 14.0. The quantitative estimate of drug-likeness (QED) is 0.903. The third-order valence-corrected chi connectivity index (χ3v) is 5.13. The molecule has 0 aliphatic rings. The first-order chi connectivity index (χ1) is 9.79. The maximum absolute atomic E-state index is 12.2. The number of halogens is 1. The van der Waals surface area contributed by atoms with Crippen LogP contribution in [-0.4, -0.2) is 20.6 Å². The van der Waals surface area contributed by atoms with Crippen LogP contribution in [0.25, 0.3) is 0 Å². The highest BCUT2D eigenvalue weighted by Gasteiger charge is 2.13. The molecule has 6 heteroatoms. The Hall–Kier alpha value is -1.66. The van der Waals surface area contributed by atoms with Crippen molar-refractivity contribution in [1.82, 2.24) is 0 Å². The van der Waals surface area contributed by atoms with Crippen LogP contribution in [0.1, 0.15) is 15.9 Å². The van der Waals surface area contributed by atoms with Crippen molar-refractivity contribution in [3.8, 4) is 0 Å². The summed E-state index contributed by atoms with van der Waals surface area (Å²) in [4.78, 5) is 12.4. The minimum atomic E-state index is -3.34. The summed E-state index contributed by atoms with van der Waals surface area (Å²) in [5.74, 6) is -0.355. The third kappa shape index (κ3) is 3.71.